The first-order valence-electron chi connectivity index (χ1n) is 8.60. The van der Waals surface area contributed by atoms with Crippen LogP contribution in [0.4, 0.5) is 5.69 Å². The van der Waals surface area contributed by atoms with E-state index in [0.717, 1.165) is 36.3 Å². The lowest BCUT2D eigenvalue weighted by Crippen LogP contribution is -2.36. The van der Waals surface area contributed by atoms with Crippen molar-refractivity contribution in [1.29, 1.82) is 0 Å². The number of nitrogens with zero attached hydrogens (tertiary/aromatic N) is 4. The molecule has 0 unspecified atom stereocenters. The zero-order valence-corrected chi connectivity index (χ0v) is 16.7. The minimum absolute atomic E-state index is 0.0791. The van der Waals surface area contributed by atoms with Crippen LogP contribution in [0.3, 0.4) is 0 Å². The summed E-state index contributed by atoms with van der Waals surface area (Å²) in [7, 11) is 0. The Morgan fingerprint density at radius 3 is 2.74 bits per heavy atom. The average molecular weight is 443 g/mol. The van der Waals surface area contributed by atoms with Gasteiger partial charge in [-0.15, -0.1) is 0 Å². The fourth-order valence-electron chi connectivity index (χ4n) is 3.27. The van der Waals surface area contributed by atoms with E-state index in [-0.39, 0.29) is 5.56 Å². The number of imidazole rings is 1. The summed E-state index contributed by atoms with van der Waals surface area (Å²) >= 11 is 4.77. The summed E-state index contributed by atoms with van der Waals surface area (Å²) in [5.41, 5.74) is 3.41. The number of morpholine rings is 1. The number of aromatic nitrogens is 3. The summed E-state index contributed by atoms with van der Waals surface area (Å²) in [5, 5.41) is 0. The van der Waals surface area contributed by atoms with E-state index >= 15 is 0 Å². The summed E-state index contributed by atoms with van der Waals surface area (Å²) in [6, 6.07) is 10.1. The largest absolute Gasteiger partial charge is 0.378 e. The molecule has 0 bridgehead atoms. The minimum Gasteiger partial charge on any atom is -0.378 e. The van der Waals surface area contributed by atoms with Gasteiger partial charge in [0.25, 0.3) is 5.56 Å². The van der Waals surface area contributed by atoms with Gasteiger partial charge in [0.2, 0.25) is 0 Å². The van der Waals surface area contributed by atoms with Crippen molar-refractivity contribution in [2.45, 2.75) is 0 Å². The Hall–Kier alpha value is -2.29. The molecule has 136 valence electrons. The molecule has 0 atom stereocenters. The van der Waals surface area contributed by atoms with Crippen LogP contribution in [0.1, 0.15) is 5.56 Å². The number of thiazole rings is 1. The predicted octanol–water partition coefficient (Wildman–Crippen LogP) is 2.45. The molecule has 4 heterocycles. The second kappa shape index (κ2) is 6.70. The van der Waals surface area contributed by atoms with Crippen LogP contribution in [-0.2, 0) is 4.74 Å². The van der Waals surface area contributed by atoms with Gasteiger partial charge in [0.15, 0.2) is 10.6 Å². The maximum atomic E-state index is 12.8. The molecule has 0 spiro atoms. The summed E-state index contributed by atoms with van der Waals surface area (Å²) in [4.78, 5) is 24.7. The molecule has 0 saturated carbocycles. The molecule has 6 nitrogen and oxygen atoms in total. The molecule has 0 aliphatic carbocycles. The third-order valence-corrected chi connectivity index (χ3v) is 6.02. The zero-order chi connectivity index (χ0) is 18.4. The van der Waals surface area contributed by atoms with Crippen LogP contribution in [0.2, 0.25) is 0 Å². The Balaban J connectivity index is 1.53. The van der Waals surface area contributed by atoms with Gasteiger partial charge in [0, 0.05) is 29.4 Å². The van der Waals surface area contributed by atoms with E-state index in [0.29, 0.717) is 20.7 Å². The van der Waals surface area contributed by atoms with E-state index in [1.54, 1.807) is 10.6 Å². The predicted molar refractivity (Wildman–Crippen MR) is 111 cm³/mol. The van der Waals surface area contributed by atoms with E-state index in [1.165, 1.54) is 17.0 Å². The molecule has 1 saturated heterocycles. The van der Waals surface area contributed by atoms with Gasteiger partial charge in [-0.3, -0.25) is 4.79 Å². The van der Waals surface area contributed by atoms with Gasteiger partial charge in [0.1, 0.15) is 5.52 Å². The number of ether oxygens (including phenoxy) is 1. The molecule has 1 fully saturated rings. The van der Waals surface area contributed by atoms with E-state index in [9.17, 15) is 4.79 Å². The van der Waals surface area contributed by atoms with Gasteiger partial charge in [-0.2, -0.15) is 0 Å². The molecule has 3 aromatic heterocycles. The van der Waals surface area contributed by atoms with Gasteiger partial charge in [-0.05, 0) is 45.8 Å². The fourth-order valence-corrected chi connectivity index (χ4v) is 4.56. The molecule has 0 amide bonds. The Morgan fingerprint density at radius 2 is 1.96 bits per heavy atom. The van der Waals surface area contributed by atoms with Crippen molar-refractivity contribution in [2.75, 3.05) is 31.2 Å². The molecule has 1 aliphatic heterocycles. The van der Waals surface area contributed by atoms with Crippen LogP contribution in [0.25, 0.3) is 22.2 Å². The maximum absolute atomic E-state index is 12.8. The summed E-state index contributed by atoms with van der Waals surface area (Å²) < 4.78 is 8.49. The molecular formula is C19H15BrN4O2S. The number of halogens is 1. The first kappa shape index (κ1) is 16.9. The maximum Gasteiger partial charge on any atom is 0.276 e. The number of rotatable bonds is 2. The highest BCUT2D eigenvalue weighted by atomic mass is 79.9. The SMILES string of the molecule is O=c1/c(=C\c2ccc(N3CCOCC3)cc2)sc2nc3cc(Br)cnc3n12. The van der Waals surface area contributed by atoms with Crippen LogP contribution in [0.5, 0.6) is 0 Å². The highest BCUT2D eigenvalue weighted by molar-refractivity contribution is 9.10. The van der Waals surface area contributed by atoms with E-state index < -0.39 is 0 Å². The average Bonchev–Trinajstić information content (AvgIpc) is 3.19. The van der Waals surface area contributed by atoms with Crippen molar-refractivity contribution in [2.24, 2.45) is 0 Å². The van der Waals surface area contributed by atoms with Crippen LogP contribution in [0.15, 0.2) is 45.8 Å². The number of pyridine rings is 1. The first-order chi connectivity index (χ1) is 13.2. The van der Waals surface area contributed by atoms with E-state index in [1.807, 2.05) is 24.3 Å². The Kier molecular flexibility index (Phi) is 4.18. The van der Waals surface area contributed by atoms with E-state index in [4.69, 9.17) is 4.74 Å². The van der Waals surface area contributed by atoms with Crippen molar-refractivity contribution in [1.82, 2.24) is 14.4 Å². The molecule has 4 aromatic rings. The fraction of sp³-hybridized carbons (Fsp3) is 0.211. The molecule has 1 aliphatic rings. The number of hydrogen-bond acceptors (Lipinski definition) is 6. The van der Waals surface area contributed by atoms with Crippen molar-refractivity contribution in [3.63, 3.8) is 0 Å². The highest BCUT2D eigenvalue weighted by Gasteiger charge is 2.13. The molecule has 8 heteroatoms. The van der Waals surface area contributed by atoms with Crippen LogP contribution < -0.4 is 15.0 Å². The molecule has 27 heavy (non-hydrogen) atoms. The lowest BCUT2D eigenvalue weighted by atomic mass is 10.2. The van der Waals surface area contributed by atoms with Crippen molar-refractivity contribution in [3.05, 3.63) is 61.5 Å². The van der Waals surface area contributed by atoms with Crippen molar-refractivity contribution < 1.29 is 4.74 Å². The van der Waals surface area contributed by atoms with Crippen LogP contribution in [0, 0.1) is 0 Å². The Morgan fingerprint density at radius 1 is 1.19 bits per heavy atom. The molecule has 0 N–H and O–H groups in total. The molecular weight excluding hydrogens is 428 g/mol. The number of anilines is 1. The monoisotopic (exact) mass is 442 g/mol. The lowest BCUT2D eigenvalue weighted by molar-refractivity contribution is 0.122. The van der Waals surface area contributed by atoms with Gasteiger partial charge in [-0.25, -0.2) is 14.4 Å². The second-order valence-corrected chi connectivity index (χ2v) is 8.26. The molecule has 0 radical (unpaired) electrons. The number of fused-ring (bicyclic) bond motifs is 3. The molecule has 5 rings (SSSR count). The quantitative estimate of drug-likeness (QED) is 0.477. The van der Waals surface area contributed by atoms with Gasteiger partial charge >= 0.3 is 0 Å². The van der Waals surface area contributed by atoms with Gasteiger partial charge < -0.3 is 9.64 Å². The van der Waals surface area contributed by atoms with Crippen LogP contribution in [-0.4, -0.2) is 40.7 Å². The minimum atomic E-state index is -0.0791. The zero-order valence-electron chi connectivity index (χ0n) is 14.3. The summed E-state index contributed by atoms with van der Waals surface area (Å²) in [5.74, 6) is 0. The summed E-state index contributed by atoms with van der Waals surface area (Å²) in [6.07, 6.45) is 3.59. The molecule has 1 aromatic carbocycles. The van der Waals surface area contributed by atoms with Crippen molar-refractivity contribution in [3.8, 4) is 0 Å². The normalized spacial score (nSPS) is 15.9. The third-order valence-electron chi connectivity index (χ3n) is 4.62. The van der Waals surface area contributed by atoms with E-state index in [2.05, 4.69) is 42.9 Å². The topological polar surface area (TPSA) is 59.7 Å². The standard InChI is InChI=1S/C19H15BrN4O2S/c20-13-10-15-17(21-11-13)24-18(25)16(27-19(24)22-15)9-12-1-3-14(4-2-12)23-5-7-26-8-6-23/h1-4,9-11H,5-8H2/b16-9+. The van der Waals surface area contributed by atoms with Crippen molar-refractivity contribution >= 4 is 55.2 Å². The Labute approximate surface area is 166 Å². The first-order valence-corrected chi connectivity index (χ1v) is 10.2. The highest BCUT2D eigenvalue weighted by Crippen LogP contribution is 2.19. The van der Waals surface area contributed by atoms with Gasteiger partial charge in [-0.1, -0.05) is 23.5 Å². The smallest absolute Gasteiger partial charge is 0.276 e. The lowest BCUT2D eigenvalue weighted by Gasteiger charge is -2.28. The summed E-state index contributed by atoms with van der Waals surface area (Å²) in [6.45, 7) is 3.35. The third kappa shape index (κ3) is 3.03. The Bertz CT molecular complexity index is 1240. The van der Waals surface area contributed by atoms with Gasteiger partial charge in [0.05, 0.1) is 17.7 Å². The van der Waals surface area contributed by atoms with Crippen LogP contribution >= 0.6 is 27.3 Å². The second-order valence-electron chi connectivity index (χ2n) is 6.33. The number of hydrogen-bond donors (Lipinski definition) is 0. The number of benzene rings is 1.